The van der Waals surface area contributed by atoms with Crippen molar-refractivity contribution in [2.45, 2.75) is 26.3 Å². The number of aromatic nitrogens is 2. The highest BCUT2D eigenvalue weighted by molar-refractivity contribution is 6.30. The molecule has 0 fully saturated rings. The van der Waals surface area contributed by atoms with E-state index in [1.807, 2.05) is 43.3 Å². The smallest absolute Gasteiger partial charge is 0.254 e. The van der Waals surface area contributed by atoms with Gasteiger partial charge >= 0.3 is 0 Å². The summed E-state index contributed by atoms with van der Waals surface area (Å²) in [5.74, 6) is -0.237. The van der Waals surface area contributed by atoms with Gasteiger partial charge in [-0.1, -0.05) is 30.7 Å². The third-order valence-electron chi connectivity index (χ3n) is 4.08. The van der Waals surface area contributed by atoms with Gasteiger partial charge in [-0.05, 0) is 48.4 Å². The first-order chi connectivity index (χ1) is 13.5. The second-order valence-corrected chi connectivity index (χ2v) is 6.77. The molecule has 6 nitrogen and oxygen atoms in total. The van der Waals surface area contributed by atoms with Crippen LogP contribution in [-0.2, 0) is 11.3 Å². The third kappa shape index (κ3) is 5.20. The monoisotopic (exact) mass is 396 g/mol. The summed E-state index contributed by atoms with van der Waals surface area (Å²) in [7, 11) is 0. The fraction of sp³-hybridized carbons (Fsp3) is 0.190. The third-order valence-corrected chi connectivity index (χ3v) is 4.33. The number of rotatable bonds is 7. The largest absolute Gasteiger partial charge is 0.348 e. The number of nitrogens with zero attached hydrogens (tertiary/aromatic N) is 2. The summed E-state index contributed by atoms with van der Waals surface area (Å²) >= 11 is 5.89. The summed E-state index contributed by atoms with van der Waals surface area (Å²) < 4.78 is 1.62. The lowest BCUT2D eigenvalue weighted by atomic mass is 10.2. The van der Waals surface area contributed by atoms with Crippen LogP contribution >= 0.6 is 11.6 Å². The molecule has 2 N–H and O–H groups in total. The lowest BCUT2D eigenvalue weighted by molar-refractivity contribution is -0.116. The maximum atomic E-state index is 12.4. The van der Waals surface area contributed by atoms with Gasteiger partial charge in [-0.15, -0.1) is 0 Å². The zero-order valence-electron chi connectivity index (χ0n) is 15.5. The van der Waals surface area contributed by atoms with Gasteiger partial charge in [-0.3, -0.25) is 9.59 Å². The van der Waals surface area contributed by atoms with Crippen molar-refractivity contribution in [2.24, 2.45) is 0 Å². The molecule has 0 bridgehead atoms. The van der Waals surface area contributed by atoms with Crippen LogP contribution in [-0.4, -0.2) is 21.6 Å². The molecule has 7 heteroatoms. The van der Waals surface area contributed by atoms with E-state index in [9.17, 15) is 9.59 Å². The Morgan fingerprint density at radius 3 is 2.68 bits per heavy atom. The van der Waals surface area contributed by atoms with Gasteiger partial charge in [0.2, 0.25) is 5.91 Å². The number of nitrogens with one attached hydrogen (secondary N) is 2. The Kier molecular flexibility index (Phi) is 6.45. The van der Waals surface area contributed by atoms with Crippen LogP contribution in [0.25, 0.3) is 5.69 Å². The first kappa shape index (κ1) is 19.6. The Morgan fingerprint density at radius 2 is 1.93 bits per heavy atom. The van der Waals surface area contributed by atoms with E-state index in [0.717, 1.165) is 23.4 Å². The molecule has 0 unspecified atom stereocenters. The van der Waals surface area contributed by atoms with Crippen LogP contribution in [0, 0.1) is 0 Å². The predicted molar refractivity (Wildman–Crippen MR) is 110 cm³/mol. The molecular formula is C21H21ClN4O2. The number of carbonyl (C=O) groups is 2. The van der Waals surface area contributed by atoms with E-state index in [2.05, 4.69) is 15.7 Å². The second-order valence-electron chi connectivity index (χ2n) is 6.33. The maximum absolute atomic E-state index is 12.4. The Bertz CT molecular complexity index is 967. The van der Waals surface area contributed by atoms with E-state index in [1.54, 1.807) is 23.0 Å². The molecule has 0 spiro atoms. The molecule has 0 aliphatic carbocycles. The number of anilines is 1. The number of halogens is 1. The normalized spacial score (nSPS) is 10.5. The average molecular weight is 397 g/mol. The first-order valence-electron chi connectivity index (χ1n) is 9.03. The molecule has 1 heterocycles. The van der Waals surface area contributed by atoms with Crippen molar-refractivity contribution >= 4 is 29.1 Å². The van der Waals surface area contributed by atoms with E-state index < -0.39 is 0 Å². The molecule has 0 saturated heterocycles. The van der Waals surface area contributed by atoms with Gasteiger partial charge in [0.15, 0.2) is 0 Å². The van der Waals surface area contributed by atoms with Crippen LogP contribution in [0.3, 0.4) is 0 Å². The lowest BCUT2D eigenvalue weighted by Gasteiger charge is -2.08. The summed E-state index contributed by atoms with van der Waals surface area (Å²) in [6, 6.07) is 14.6. The van der Waals surface area contributed by atoms with Crippen molar-refractivity contribution < 1.29 is 9.59 Å². The van der Waals surface area contributed by atoms with Crippen molar-refractivity contribution in [3.63, 3.8) is 0 Å². The van der Waals surface area contributed by atoms with Gasteiger partial charge < -0.3 is 10.6 Å². The van der Waals surface area contributed by atoms with E-state index >= 15 is 0 Å². The number of benzene rings is 2. The Balaban J connectivity index is 1.60. The molecule has 3 aromatic rings. The summed E-state index contributed by atoms with van der Waals surface area (Å²) in [6.45, 7) is 2.31. The van der Waals surface area contributed by atoms with Crippen LogP contribution in [0.1, 0.15) is 35.7 Å². The van der Waals surface area contributed by atoms with Crippen molar-refractivity contribution in [3.05, 3.63) is 77.1 Å². The summed E-state index contributed by atoms with van der Waals surface area (Å²) in [5.41, 5.74) is 2.90. The SMILES string of the molecule is CCCC(=O)Nc1cccc(CNC(=O)c2cnn(-c3ccc(Cl)cc3)c2)c1. The summed E-state index contributed by atoms with van der Waals surface area (Å²) in [5, 5.41) is 10.6. The average Bonchev–Trinajstić information content (AvgIpc) is 3.17. The van der Waals surface area contributed by atoms with Crippen LogP contribution in [0.2, 0.25) is 5.02 Å². The molecule has 2 amide bonds. The predicted octanol–water partition coefficient (Wildman–Crippen LogP) is 4.19. The molecule has 0 atom stereocenters. The second kappa shape index (κ2) is 9.19. The van der Waals surface area contributed by atoms with Gasteiger partial charge in [0.05, 0.1) is 17.4 Å². The van der Waals surface area contributed by atoms with Crippen molar-refractivity contribution in [1.82, 2.24) is 15.1 Å². The highest BCUT2D eigenvalue weighted by Crippen LogP contribution is 2.14. The zero-order valence-corrected chi connectivity index (χ0v) is 16.2. The van der Waals surface area contributed by atoms with E-state index in [-0.39, 0.29) is 11.8 Å². The fourth-order valence-corrected chi connectivity index (χ4v) is 2.80. The minimum absolute atomic E-state index is 0.0155. The Hall–Kier alpha value is -3.12. The van der Waals surface area contributed by atoms with Gasteiger partial charge in [0.1, 0.15) is 0 Å². The Labute approximate surface area is 168 Å². The van der Waals surface area contributed by atoms with Crippen molar-refractivity contribution in [2.75, 3.05) is 5.32 Å². The molecular weight excluding hydrogens is 376 g/mol. The minimum Gasteiger partial charge on any atom is -0.348 e. The molecule has 0 saturated carbocycles. The van der Waals surface area contributed by atoms with Crippen LogP contribution in [0.5, 0.6) is 0 Å². The molecule has 28 heavy (non-hydrogen) atoms. The number of hydrogen-bond acceptors (Lipinski definition) is 3. The van der Waals surface area contributed by atoms with E-state index in [0.29, 0.717) is 23.6 Å². The van der Waals surface area contributed by atoms with Gasteiger partial charge in [-0.25, -0.2) is 4.68 Å². The number of carbonyl (C=O) groups excluding carboxylic acids is 2. The van der Waals surface area contributed by atoms with E-state index in [1.165, 1.54) is 6.20 Å². The first-order valence-corrected chi connectivity index (χ1v) is 9.40. The molecule has 2 aromatic carbocycles. The minimum atomic E-state index is -0.222. The number of hydrogen-bond donors (Lipinski definition) is 2. The van der Waals surface area contributed by atoms with Crippen molar-refractivity contribution in [3.8, 4) is 5.69 Å². The summed E-state index contributed by atoms with van der Waals surface area (Å²) in [6.07, 6.45) is 4.47. The highest BCUT2D eigenvalue weighted by atomic mass is 35.5. The summed E-state index contributed by atoms with van der Waals surface area (Å²) in [4.78, 5) is 24.1. The molecule has 144 valence electrons. The van der Waals surface area contributed by atoms with Crippen LogP contribution < -0.4 is 10.6 Å². The number of amides is 2. The van der Waals surface area contributed by atoms with Gasteiger partial charge in [-0.2, -0.15) is 5.10 Å². The lowest BCUT2D eigenvalue weighted by Crippen LogP contribution is -2.22. The molecule has 0 aliphatic heterocycles. The molecule has 0 radical (unpaired) electrons. The maximum Gasteiger partial charge on any atom is 0.254 e. The Morgan fingerprint density at radius 1 is 1.14 bits per heavy atom. The van der Waals surface area contributed by atoms with E-state index in [4.69, 9.17) is 11.6 Å². The van der Waals surface area contributed by atoms with Crippen LogP contribution in [0.15, 0.2) is 60.9 Å². The fourth-order valence-electron chi connectivity index (χ4n) is 2.67. The molecule has 1 aromatic heterocycles. The van der Waals surface area contributed by atoms with Gasteiger partial charge in [0.25, 0.3) is 5.91 Å². The van der Waals surface area contributed by atoms with Crippen molar-refractivity contribution in [1.29, 1.82) is 0 Å². The van der Waals surface area contributed by atoms with Gasteiger partial charge in [0, 0.05) is 29.9 Å². The van der Waals surface area contributed by atoms with Crippen LogP contribution in [0.4, 0.5) is 5.69 Å². The molecule has 0 aliphatic rings. The highest BCUT2D eigenvalue weighted by Gasteiger charge is 2.10. The topological polar surface area (TPSA) is 76.0 Å². The quantitative estimate of drug-likeness (QED) is 0.628. The molecule has 3 rings (SSSR count). The zero-order chi connectivity index (χ0) is 19.9. The standard InChI is InChI=1S/C21H21ClN4O2/c1-2-4-20(27)25-18-6-3-5-15(11-18)12-23-21(28)16-13-24-26(14-16)19-9-7-17(22)8-10-19/h3,5-11,13-14H,2,4,12H2,1H3,(H,23,28)(H,25,27).